The number of sulfonamides is 1. The van der Waals surface area contributed by atoms with Gasteiger partial charge >= 0.3 is 0 Å². The fourth-order valence-corrected chi connectivity index (χ4v) is 3.95. The second-order valence-corrected chi connectivity index (χ2v) is 7.18. The number of hydrogen-bond donors (Lipinski definition) is 1. The predicted molar refractivity (Wildman–Crippen MR) is 85.6 cm³/mol. The average Bonchev–Trinajstić information content (AvgIpc) is 3.02. The highest BCUT2D eigenvalue weighted by atomic mass is 32.2. The summed E-state index contributed by atoms with van der Waals surface area (Å²) in [4.78, 5) is 4.43. The van der Waals surface area contributed by atoms with Crippen LogP contribution in [0.25, 0.3) is 11.0 Å². The minimum atomic E-state index is -3.61. The normalized spacial score (nSPS) is 12.1. The molecule has 0 amide bonds. The van der Waals surface area contributed by atoms with E-state index in [2.05, 4.69) is 14.9 Å². The molecule has 0 bridgehead atoms. The van der Waals surface area contributed by atoms with Crippen molar-refractivity contribution in [3.63, 3.8) is 0 Å². The van der Waals surface area contributed by atoms with Crippen molar-refractivity contribution in [3.8, 4) is 0 Å². The number of nitrogens with zero attached hydrogens (tertiary/aromatic N) is 3. The summed E-state index contributed by atoms with van der Waals surface area (Å²) in [5.41, 5.74) is 3.34. The van der Waals surface area contributed by atoms with Crippen LogP contribution >= 0.6 is 0 Å². The molecule has 0 spiro atoms. The summed E-state index contributed by atoms with van der Waals surface area (Å²) in [6.07, 6.45) is 2.34. The van der Waals surface area contributed by atoms with Gasteiger partial charge in [-0.3, -0.25) is 0 Å². The number of aromatic nitrogens is 3. The molecule has 0 fully saturated rings. The molecule has 0 atom stereocenters. The number of hydrogen-bond acceptors (Lipinski definition) is 5. The Morgan fingerprint density at radius 3 is 2.78 bits per heavy atom. The zero-order valence-corrected chi connectivity index (χ0v) is 14.0. The Labute approximate surface area is 134 Å². The van der Waals surface area contributed by atoms with Crippen LogP contribution < -0.4 is 4.72 Å². The number of aryl methyl sites for hydroxylation is 3. The summed E-state index contributed by atoms with van der Waals surface area (Å²) in [5.74, 6) is 0.296. The van der Waals surface area contributed by atoms with Crippen LogP contribution in [0.15, 0.2) is 33.9 Å². The molecule has 0 saturated heterocycles. The third kappa shape index (κ3) is 2.99. The van der Waals surface area contributed by atoms with Crippen LogP contribution in [0.3, 0.4) is 0 Å². The number of rotatable bonds is 5. The van der Waals surface area contributed by atoms with Crippen molar-refractivity contribution in [3.05, 3.63) is 41.5 Å². The van der Waals surface area contributed by atoms with E-state index in [1.807, 2.05) is 29.8 Å². The van der Waals surface area contributed by atoms with Gasteiger partial charge in [0.2, 0.25) is 10.0 Å². The molecule has 8 heteroatoms. The zero-order chi connectivity index (χ0) is 16.6. The van der Waals surface area contributed by atoms with Crippen LogP contribution in [0.5, 0.6) is 0 Å². The van der Waals surface area contributed by atoms with Crippen molar-refractivity contribution in [1.29, 1.82) is 0 Å². The van der Waals surface area contributed by atoms with Crippen LogP contribution in [0, 0.1) is 13.8 Å². The highest BCUT2D eigenvalue weighted by Gasteiger charge is 2.23. The monoisotopic (exact) mass is 334 g/mol. The Hall–Kier alpha value is -2.19. The summed E-state index contributed by atoms with van der Waals surface area (Å²) < 4.78 is 34.1. The molecule has 0 aliphatic heterocycles. The smallest absolute Gasteiger partial charge is 0.245 e. The standard InChI is InChI=1S/C15H18N4O3S/c1-10-15(11(2)22-18-10)23(20,21)17-7-6-12-4-5-14-13(8-12)16-9-19(14)3/h4-5,8-9,17H,6-7H2,1-3H3. The Morgan fingerprint density at radius 1 is 1.30 bits per heavy atom. The van der Waals surface area contributed by atoms with Gasteiger partial charge in [-0.15, -0.1) is 0 Å². The van der Waals surface area contributed by atoms with Gasteiger partial charge in [0.15, 0.2) is 5.76 Å². The molecule has 2 aromatic heterocycles. The lowest BCUT2D eigenvalue weighted by Crippen LogP contribution is -2.26. The van der Waals surface area contributed by atoms with E-state index in [0.717, 1.165) is 16.6 Å². The fraction of sp³-hybridized carbons (Fsp3) is 0.333. The highest BCUT2D eigenvalue weighted by Crippen LogP contribution is 2.19. The molecular weight excluding hydrogens is 316 g/mol. The molecule has 23 heavy (non-hydrogen) atoms. The predicted octanol–water partition coefficient (Wildman–Crippen LogP) is 1.70. The van der Waals surface area contributed by atoms with Gasteiger partial charge < -0.3 is 9.09 Å². The van der Waals surface area contributed by atoms with Crippen molar-refractivity contribution in [2.45, 2.75) is 25.2 Å². The van der Waals surface area contributed by atoms with Gasteiger partial charge in [0.25, 0.3) is 0 Å². The van der Waals surface area contributed by atoms with E-state index in [4.69, 9.17) is 4.52 Å². The first-order valence-corrected chi connectivity index (χ1v) is 8.69. The van der Waals surface area contributed by atoms with Crippen LogP contribution in [-0.4, -0.2) is 29.7 Å². The molecule has 122 valence electrons. The van der Waals surface area contributed by atoms with Gasteiger partial charge in [0.1, 0.15) is 10.6 Å². The van der Waals surface area contributed by atoms with E-state index in [9.17, 15) is 8.42 Å². The van der Waals surface area contributed by atoms with Crippen molar-refractivity contribution in [2.75, 3.05) is 6.54 Å². The van der Waals surface area contributed by atoms with E-state index in [0.29, 0.717) is 24.4 Å². The molecule has 0 aliphatic rings. The molecule has 3 aromatic rings. The Bertz CT molecular complexity index is 937. The lowest BCUT2D eigenvalue weighted by molar-refractivity contribution is 0.390. The first-order valence-electron chi connectivity index (χ1n) is 7.21. The molecule has 0 saturated carbocycles. The lowest BCUT2D eigenvalue weighted by Gasteiger charge is -2.06. The summed E-state index contributed by atoms with van der Waals surface area (Å²) >= 11 is 0. The highest BCUT2D eigenvalue weighted by molar-refractivity contribution is 7.89. The minimum absolute atomic E-state index is 0.123. The van der Waals surface area contributed by atoms with Crippen molar-refractivity contribution >= 4 is 21.1 Å². The summed E-state index contributed by atoms with van der Waals surface area (Å²) in [7, 11) is -1.68. The summed E-state index contributed by atoms with van der Waals surface area (Å²) in [5, 5.41) is 3.68. The van der Waals surface area contributed by atoms with Gasteiger partial charge in [-0.05, 0) is 38.0 Å². The van der Waals surface area contributed by atoms with Crippen molar-refractivity contribution in [2.24, 2.45) is 7.05 Å². The van der Waals surface area contributed by atoms with E-state index < -0.39 is 10.0 Å². The van der Waals surface area contributed by atoms with Crippen LogP contribution in [-0.2, 0) is 23.5 Å². The maximum Gasteiger partial charge on any atom is 0.245 e. The van der Waals surface area contributed by atoms with Gasteiger partial charge in [0.05, 0.1) is 17.4 Å². The largest absolute Gasteiger partial charge is 0.360 e. The van der Waals surface area contributed by atoms with Crippen molar-refractivity contribution < 1.29 is 12.9 Å². The maximum absolute atomic E-state index is 12.3. The molecule has 0 aliphatic carbocycles. The minimum Gasteiger partial charge on any atom is -0.360 e. The SMILES string of the molecule is Cc1noc(C)c1S(=O)(=O)NCCc1ccc2c(c1)ncn2C. The average molecular weight is 334 g/mol. The molecule has 3 rings (SSSR count). The molecule has 1 N–H and O–H groups in total. The molecule has 7 nitrogen and oxygen atoms in total. The molecular formula is C15H18N4O3S. The van der Waals surface area contributed by atoms with Crippen LogP contribution in [0.2, 0.25) is 0 Å². The third-order valence-electron chi connectivity index (χ3n) is 3.73. The van der Waals surface area contributed by atoms with Crippen molar-refractivity contribution in [1.82, 2.24) is 19.4 Å². The van der Waals surface area contributed by atoms with Crippen LogP contribution in [0.1, 0.15) is 17.0 Å². The quantitative estimate of drug-likeness (QED) is 0.767. The summed E-state index contributed by atoms with van der Waals surface area (Å²) in [6.45, 7) is 3.49. The molecule has 0 unspecified atom stereocenters. The Morgan fingerprint density at radius 2 is 2.09 bits per heavy atom. The first kappa shape index (κ1) is 15.7. The number of benzene rings is 1. The lowest BCUT2D eigenvalue weighted by atomic mass is 10.1. The Balaban J connectivity index is 1.70. The zero-order valence-electron chi connectivity index (χ0n) is 13.2. The van der Waals surface area contributed by atoms with E-state index in [1.54, 1.807) is 20.2 Å². The molecule has 2 heterocycles. The second kappa shape index (κ2) is 5.78. The third-order valence-corrected chi connectivity index (χ3v) is 5.44. The fourth-order valence-electron chi connectivity index (χ4n) is 2.60. The van der Waals surface area contributed by atoms with Crippen LogP contribution in [0.4, 0.5) is 0 Å². The Kier molecular flexibility index (Phi) is 3.95. The maximum atomic E-state index is 12.3. The molecule has 1 aromatic carbocycles. The van der Waals surface area contributed by atoms with E-state index in [-0.39, 0.29) is 4.90 Å². The van der Waals surface area contributed by atoms with Gasteiger partial charge in [-0.25, -0.2) is 18.1 Å². The number of fused-ring (bicyclic) bond motifs is 1. The first-order chi connectivity index (χ1) is 10.9. The van der Waals surface area contributed by atoms with Gasteiger partial charge in [-0.2, -0.15) is 0 Å². The van der Waals surface area contributed by atoms with Gasteiger partial charge in [0, 0.05) is 13.6 Å². The molecule has 0 radical (unpaired) electrons. The van der Waals surface area contributed by atoms with Gasteiger partial charge in [-0.1, -0.05) is 11.2 Å². The van der Waals surface area contributed by atoms with E-state index in [1.165, 1.54) is 0 Å². The second-order valence-electron chi connectivity index (χ2n) is 5.48. The number of nitrogens with one attached hydrogen (secondary N) is 1. The summed E-state index contributed by atoms with van der Waals surface area (Å²) in [6, 6.07) is 5.94. The topological polar surface area (TPSA) is 90.0 Å². The van der Waals surface area contributed by atoms with E-state index >= 15 is 0 Å². The number of imidazole rings is 1.